The molecule has 2 N–H and O–H groups in total. The van der Waals surface area contributed by atoms with Crippen molar-refractivity contribution in [1.29, 1.82) is 5.26 Å². The fraction of sp³-hybridized carbons (Fsp3) is 0.893. The Morgan fingerprint density at radius 1 is 1.13 bits per heavy atom. The van der Waals surface area contributed by atoms with Crippen molar-refractivity contribution in [3.05, 3.63) is 11.6 Å². The van der Waals surface area contributed by atoms with Crippen LogP contribution < -0.4 is 0 Å². The van der Waals surface area contributed by atoms with Crippen LogP contribution in [0, 0.1) is 51.2 Å². The van der Waals surface area contributed by atoms with Crippen molar-refractivity contribution < 1.29 is 10.2 Å². The van der Waals surface area contributed by atoms with E-state index in [4.69, 9.17) is 0 Å². The second-order valence-electron chi connectivity index (χ2n) is 12.5. The highest BCUT2D eigenvalue weighted by molar-refractivity contribution is 5.29. The summed E-state index contributed by atoms with van der Waals surface area (Å²) in [5.41, 5.74) is 2.10. The van der Waals surface area contributed by atoms with Gasteiger partial charge >= 0.3 is 0 Å². The predicted octanol–water partition coefficient (Wildman–Crippen LogP) is 6.15. The van der Waals surface area contributed by atoms with Crippen LogP contribution in [0.3, 0.4) is 0 Å². The molecule has 0 radical (unpaired) electrons. The molecule has 5 aliphatic carbocycles. The van der Waals surface area contributed by atoms with Gasteiger partial charge in [0.05, 0.1) is 23.7 Å². The van der Waals surface area contributed by atoms with Crippen molar-refractivity contribution in [3.63, 3.8) is 0 Å². The van der Waals surface area contributed by atoms with E-state index in [1.54, 1.807) is 5.57 Å². The van der Waals surface area contributed by atoms with E-state index < -0.39 is 11.5 Å². The molecule has 0 heterocycles. The number of hydrogen-bond donors (Lipinski definition) is 2. The molecule has 0 bridgehead atoms. The molecule has 4 saturated carbocycles. The number of nitriles is 1. The molecule has 0 amide bonds. The topological polar surface area (TPSA) is 64.2 Å². The fourth-order valence-corrected chi connectivity index (χ4v) is 8.99. The SMILES string of the molecule is CC12CCC(O)CC1CCC1C2=CCC2(C)C(CCCC(O)C3(C#N)CCC3)CCC12. The Morgan fingerprint density at radius 2 is 1.94 bits per heavy atom. The minimum absolute atomic E-state index is 0.0737. The number of rotatable bonds is 5. The molecule has 31 heavy (non-hydrogen) atoms. The van der Waals surface area contributed by atoms with Crippen molar-refractivity contribution in [3.8, 4) is 6.07 Å². The molecule has 8 atom stereocenters. The molecule has 3 heteroatoms. The van der Waals surface area contributed by atoms with E-state index >= 15 is 0 Å². The summed E-state index contributed by atoms with van der Waals surface area (Å²) < 4.78 is 0. The van der Waals surface area contributed by atoms with Gasteiger partial charge in [0.1, 0.15) is 0 Å². The molecular formula is C28H43NO2. The number of fused-ring (bicyclic) bond motifs is 5. The third kappa shape index (κ3) is 3.34. The largest absolute Gasteiger partial charge is 0.393 e. The number of nitrogens with zero attached hydrogens (tertiary/aromatic N) is 1. The minimum Gasteiger partial charge on any atom is -0.393 e. The van der Waals surface area contributed by atoms with Crippen molar-refractivity contribution >= 4 is 0 Å². The van der Waals surface area contributed by atoms with Crippen molar-refractivity contribution in [2.45, 2.75) is 116 Å². The van der Waals surface area contributed by atoms with Gasteiger partial charge in [0.15, 0.2) is 0 Å². The zero-order chi connectivity index (χ0) is 21.9. The van der Waals surface area contributed by atoms with Gasteiger partial charge in [-0.25, -0.2) is 0 Å². The summed E-state index contributed by atoms with van der Waals surface area (Å²) in [6, 6.07) is 2.43. The quantitative estimate of drug-likeness (QED) is 0.519. The summed E-state index contributed by atoms with van der Waals surface area (Å²) >= 11 is 0. The third-order valence-electron chi connectivity index (χ3n) is 11.3. The summed E-state index contributed by atoms with van der Waals surface area (Å²) in [7, 11) is 0. The first kappa shape index (κ1) is 22.0. The fourth-order valence-electron chi connectivity index (χ4n) is 8.99. The average molecular weight is 426 g/mol. The van der Waals surface area contributed by atoms with Crippen LogP contribution in [0.25, 0.3) is 0 Å². The summed E-state index contributed by atoms with van der Waals surface area (Å²) in [5, 5.41) is 30.4. The maximum Gasteiger partial charge on any atom is 0.0832 e. The Morgan fingerprint density at radius 3 is 2.65 bits per heavy atom. The van der Waals surface area contributed by atoms with Crippen LogP contribution in [-0.2, 0) is 0 Å². The molecule has 0 spiro atoms. The highest BCUT2D eigenvalue weighted by atomic mass is 16.3. The number of aliphatic hydroxyl groups is 2. The molecule has 0 aromatic carbocycles. The van der Waals surface area contributed by atoms with E-state index in [9.17, 15) is 15.5 Å². The van der Waals surface area contributed by atoms with Gasteiger partial charge in [-0.15, -0.1) is 0 Å². The lowest BCUT2D eigenvalue weighted by molar-refractivity contribution is -0.0144. The average Bonchev–Trinajstić information content (AvgIpc) is 3.05. The van der Waals surface area contributed by atoms with E-state index in [1.807, 2.05) is 0 Å². The molecule has 0 aromatic rings. The van der Waals surface area contributed by atoms with Crippen LogP contribution in [-0.4, -0.2) is 22.4 Å². The highest BCUT2D eigenvalue weighted by Crippen LogP contribution is 2.66. The Balaban J connectivity index is 1.25. The van der Waals surface area contributed by atoms with Crippen molar-refractivity contribution in [1.82, 2.24) is 0 Å². The maximum atomic E-state index is 10.7. The van der Waals surface area contributed by atoms with Crippen LogP contribution in [0.5, 0.6) is 0 Å². The smallest absolute Gasteiger partial charge is 0.0832 e. The first-order valence-electron chi connectivity index (χ1n) is 13.3. The molecule has 0 aliphatic heterocycles. The van der Waals surface area contributed by atoms with Gasteiger partial charge in [0.2, 0.25) is 0 Å². The zero-order valence-electron chi connectivity index (χ0n) is 19.8. The summed E-state index contributed by atoms with van der Waals surface area (Å²) in [4.78, 5) is 0. The molecule has 0 aromatic heterocycles. The predicted molar refractivity (Wildman–Crippen MR) is 123 cm³/mol. The second kappa shape index (κ2) is 7.88. The Labute approximate surface area is 189 Å². The second-order valence-corrected chi connectivity index (χ2v) is 12.5. The lowest BCUT2D eigenvalue weighted by atomic mass is 9.48. The third-order valence-corrected chi connectivity index (χ3v) is 11.3. The number of allylic oxidation sites excluding steroid dienone is 2. The molecule has 172 valence electrons. The van der Waals surface area contributed by atoms with E-state index in [0.29, 0.717) is 16.7 Å². The van der Waals surface area contributed by atoms with Crippen LogP contribution in [0.1, 0.15) is 104 Å². The molecule has 4 fully saturated rings. The summed E-state index contributed by atoms with van der Waals surface area (Å²) in [6.07, 6.45) is 17.9. The lowest BCUT2D eigenvalue weighted by Crippen LogP contribution is -2.48. The van der Waals surface area contributed by atoms with Gasteiger partial charge in [0, 0.05) is 0 Å². The summed E-state index contributed by atoms with van der Waals surface area (Å²) in [5.74, 6) is 3.04. The highest BCUT2D eigenvalue weighted by Gasteiger charge is 2.56. The standard InChI is InChI=1S/C28H43NO2/c1-26-16-12-24-22(9-7-20-17-21(30)11-15-27(20,24)2)23(26)10-8-19(26)5-3-6-25(31)28(18-29)13-4-14-28/h12,19-23,25,30-31H,3-11,13-17H2,1-2H3. The molecule has 8 unspecified atom stereocenters. The Kier molecular flexibility index (Phi) is 5.58. The van der Waals surface area contributed by atoms with E-state index in [-0.39, 0.29) is 6.10 Å². The van der Waals surface area contributed by atoms with Gasteiger partial charge in [-0.05, 0) is 112 Å². The zero-order valence-corrected chi connectivity index (χ0v) is 19.8. The van der Waals surface area contributed by atoms with Crippen LogP contribution in [0.4, 0.5) is 0 Å². The van der Waals surface area contributed by atoms with Crippen LogP contribution in [0.2, 0.25) is 0 Å². The normalized spacial score (nSPS) is 46.5. The van der Waals surface area contributed by atoms with Crippen molar-refractivity contribution in [2.75, 3.05) is 0 Å². The summed E-state index contributed by atoms with van der Waals surface area (Å²) in [6.45, 7) is 5.09. The van der Waals surface area contributed by atoms with Gasteiger partial charge < -0.3 is 10.2 Å². The van der Waals surface area contributed by atoms with Gasteiger partial charge in [-0.2, -0.15) is 5.26 Å². The van der Waals surface area contributed by atoms with Crippen LogP contribution in [0.15, 0.2) is 11.6 Å². The monoisotopic (exact) mass is 425 g/mol. The molecular weight excluding hydrogens is 382 g/mol. The van der Waals surface area contributed by atoms with Gasteiger partial charge in [0.25, 0.3) is 0 Å². The molecule has 3 nitrogen and oxygen atoms in total. The number of hydrogen-bond acceptors (Lipinski definition) is 3. The molecule has 5 rings (SSSR count). The lowest BCUT2D eigenvalue weighted by Gasteiger charge is -2.56. The van der Waals surface area contributed by atoms with Gasteiger partial charge in [-0.3, -0.25) is 0 Å². The van der Waals surface area contributed by atoms with Crippen LogP contribution >= 0.6 is 0 Å². The molecule has 5 aliphatic rings. The Hall–Kier alpha value is -0.850. The van der Waals surface area contributed by atoms with Crippen molar-refractivity contribution in [2.24, 2.45) is 39.9 Å². The van der Waals surface area contributed by atoms with Gasteiger partial charge in [-0.1, -0.05) is 38.3 Å². The first-order valence-corrected chi connectivity index (χ1v) is 13.3. The molecule has 0 saturated heterocycles. The van der Waals surface area contributed by atoms with E-state index in [0.717, 1.165) is 62.7 Å². The van der Waals surface area contributed by atoms with E-state index in [2.05, 4.69) is 26.0 Å². The van der Waals surface area contributed by atoms with E-state index in [1.165, 1.54) is 44.9 Å². The first-order chi connectivity index (χ1) is 14.8. The Bertz CT molecular complexity index is 763. The maximum absolute atomic E-state index is 10.7. The minimum atomic E-state index is -0.425. The number of aliphatic hydroxyl groups excluding tert-OH is 2.